The molecule has 6 nitrogen and oxygen atoms in total. The minimum absolute atomic E-state index is 0.0665. The summed E-state index contributed by atoms with van der Waals surface area (Å²) in [5, 5.41) is 10.1. The van der Waals surface area contributed by atoms with Gasteiger partial charge in [0.2, 0.25) is 0 Å². The Labute approximate surface area is 159 Å². The molecule has 7 heteroatoms. The van der Waals surface area contributed by atoms with E-state index in [1.807, 2.05) is 6.92 Å². The number of likely N-dealkylation sites (N-methyl/N-ethyl adjacent to an activating group) is 1. The standard InChI is InChI=1S/C19H26ClNO5/c1-18(2,3)26-17(24)21(5)14(16(22)23)11-12-10-13(20)6-7-15(12)25-19(4)8-9-19/h6-7,10,14H,8-9,11H2,1-5H3,(H,22,23)/t14-/m0/s1. The molecule has 2 rings (SSSR count). The molecule has 0 bridgehead atoms. The fraction of sp³-hybridized carbons (Fsp3) is 0.579. The summed E-state index contributed by atoms with van der Waals surface area (Å²) in [7, 11) is 1.42. The Morgan fingerprint density at radius 1 is 1.35 bits per heavy atom. The summed E-state index contributed by atoms with van der Waals surface area (Å²) < 4.78 is 11.3. The van der Waals surface area contributed by atoms with Crippen molar-refractivity contribution in [1.82, 2.24) is 4.90 Å². The predicted molar refractivity (Wildman–Crippen MR) is 98.8 cm³/mol. The number of carbonyl (C=O) groups excluding carboxylic acids is 1. The third-order valence-electron chi connectivity index (χ3n) is 4.18. The number of ether oxygens (including phenoxy) is 2. The highest BCUT2D eigenvalue weighted by Crippen LogP contribution is 2.41. The first-order valence-corrected chi connectivity index (χ1v) is 8.94. The number of benzene rings is 1. The predicted octanol–water partition coefficient (Wildman–Crippen LogP) is 4.13. The molecule has 1 amide bonds. The molecule has 1 N–H and O–H groups in total. The lowest BCUT2D eigenvalue weighted by Crippen LogP contribution is -2.46. The number of aliphatic carboxylic acids is 1. The van der Waals surface area contributed by atoms with Gasteiger partial charge in [0.05, 0.1) is 0 Å². The first kappa shape index (κ1) is 20.4. The number of rotatable bonds is 6. The lowest BCUT2D eigenvalue weighted by Gasteiger charge is -2.29. The molecule has 1 fully saturated rings. The first-order valence-electron chi connectivity index (χ1n) is 8.56. The highest BCUT2D eigenvalue weighted by atomic mass is 35.5. The number of halogens is 1. The molecule has 1 aliphatic carbocycles. The summed E-state index contributed by atoms with van der Waals surface area (Å²) in [6, 6.07) is 4.03. The van der Waals surface area contributed by atoms with E-state index in [1.54, 1.807) is 39.0 Å². The van der Waals surface area contributed by atoms with E-state index in [-0.39, 0.29) is 12.0 Å². The van der Waals surface area contributed by atoms with Crippen molar-refractivity contribution in [3.63, 3.8) is 0 Å². The fourth-order valence-electron chi connectivity index (χ4n) is 2.41. The van der Waals surface area contributed by atoms with E-state index in [9.17, 15) is 14.7 Å². The van der Waals surface area contributed by atoms with Gasteiger partial charge in [0.15, 0.2) is 0 Å². The lowest BCUT2D eigenvalue weighted by molar-refractivity contribution is -0.142. The Morgan fingerprint density at radius 3 is 2.46 bits per heavy atom. The molecule has 0 aromatic heterocycles. The second kappa shape index (κ2) is 7.35. The highest BCUT2D eigenvalue weighted by Gasteiger charge is 2.41. The van der Waals surface area contributed by atoms with Crippen LogP contribution < -0.4 is 4.74 Å². The van der Waals surface area contributed by atoms with Gasteiger partial charge in [0.25, 0.3) is 0 Å². The maximum atomic E-state index is 12.3. The van der Waals surface area contributed by atoms with Gasteiger partial charge in [-0.3, -0.25) is 4.90 Å². The van der Waals surface area contributed by atoms with Gasteiger partial charge in [-0.05, 0) is 64.3 Å². The van der Waals surface area contributed by atoms with Gasteiger partial charge in [-0.1, -0.05) is 11.6 Å². The maximum absolute atomic E-state index is 12.3. The third kappa shape index (κ3) is 5.53. The molecule has 0 aliphatic heterocycles. The Bertz CT molecular complexity index is 694. The quantitative estimate of drug-likeness (QED) is 0.799. The van der Waals surface area contributed by atoms with Crippen LogP contribution in [0.2, 0.25) is 5.02 Å². The van der Waals surface area contributed by atoms with Crippen LogP contribution >= 0.6 is 11.6 Å². The zero-order valence-corrected chi connectivity index (χ0v) is 16.6. The molecular formula is C19H26ClNO5. The van der Waals surface area contributed by atoms with Gasteiger partial charge in [-0.25, -0.2) is 9.59 Å². The molecular weight excluding hydrogens is 358 g/mol. The van der Waals surface area contributed by atoms with Gasteiger partial charge in [-0.2, -0.15) is 0 Å². The van der Waals surface area contributed by atoms with Gasteiger partial charge in [0.1, 0.15) is 23.0 Å². The molecule has 144 valence electrons. The van der Waals surface area contributed by atoms with Crippen molar-refractivity contribution in [2.45, 2.75) is 64.2 Å². The van der Waals surface area contributed by atoms with Crippen LogP contribution in [0.1, 0.15) is 46.1 Å². The smallest absolute Gasteiger partial charge is 0.410 e. The lowest BCUT2D eigenvalue weighted by atomic mass is 10.0. The normalized spacial score (nSPS) is 16.5. The number of hydrogen-bond donors (Lipinski definition) is 1. The fourth-order valence-corrected chi connectivity index (χ4v) is 2.60. The van der Waals surface area contributed by atoms with Crippen molar-refractivity contribution in [3.8, 4) is 5.75 Å². The SMILES string of the molecule is CN(C(=O)OC(C)(C)C)[C@@H](Cc1cc(Cl)ccc1OC1(C)CC1)C(=O)O. The first-order chi connectivity index (χ1) is 11.9. The van der Waals surface area contributed by atoms with Gasteiger partial charge >= 0.3 is 12.1 Å². The van der Waals surface area contributed by atoms with E-state index in [1.165, 1.54) is 7.05 Å². The third-order valence-corrected chi connectivity index (χ3v) is 4.42. The van der Waals surface area contributed by atoms with Crippen molar-refractivity contribution in [2.24, 2.45) is 0 Å². The molecule has 1 saturated carbocycles. The Hall–Kier alpha value is -1.95. The Morgan fingerprint density at radius 2 is 1.96 bits per heavy atom. The van der Waals surface area contributed by atoms with Crippen LogP contribution in [0.4, 0.5) is 4.79 Å². The second-order valence-electron chi connectivity index (χ2n) is 7.95. The average molecular weight is 384 g/mol. The van der Waals surface area contributed by atoms with Crippen molar-refractivity contribution in [3.05, 3.63) is 28.8 Å². The second-order valence-corrected chi connectivity index (χ2v) is 8.39. The molecule has 0 heterocycles. The van der Waals surface area contributed by atoms with Gasteiger partial charge in [0, 0.05) is 18.5 Å². The molecule has 1 aromatic rings. The monoisotopic (exact) mass is 383 g/mol. The van der Waals surface area contributed by atoms with Crippen molar-refractivity contribution < 1.29 is 24.2 Å². The zero-order chi connectivity index (χ0) is 19.7. The van der Waals surface area contributed by atoms with Crippen LogP contribution in [0.5, 0.6) is 5.75 Å². The minimum Gasteiger partial charge on any atom is -0.487 e. The molecule has 0 unspecified atom stereocenters. The summed E-state index contributed by atoms with van der Waals surface area (Å²) in [5.74, 6) is -0.528. The zero-order valence-electron chi connectivity index (χ0n) is 15.8. The van der Waals surface area contributed by atoms with Crippen LogP contribution in [0.3, 0.4) is 0 Å². The van der Waals surface area contributed by atoms with Crippen LogP contribution in [0, 0.1) is 0 Å². The summed E-state index contributed by atoms with van der Waals surface area (Å²) in [6.45, 7) is 7.20. The molecule has 1 aliphatic rings. The number of nitrogens with zero attached hydrogens (tertiary/aromatic N) is 1. The topological polar surface area (TPSA) is 76.1 Å². The van der Waals surface area contributed by atoms with Crippen LogP contribution in [0.15, 0.2) is 18.2 Å². The van der Waals surface area contributed by atoms with E-state index < -0.39 is 23.7 Å². The number of carbonyl (C=O) groups is 2. The van der Waals surface area contributed by atoms with E-state index in [0.29, 0.717) is 16.3 Å². The van der Waals surface area contributed by atoms with Crippen molar-refractivity contribution in [1.29, 1.82) is 0 Å². The molecule has 0 saturated heterocycles. The Kier molecular flexibility index (Phi) is 5.76. The number of amides is 1. The van der Waals surface area contributed by atoms with E-state index in [2.05, 4.69) is 0 Å². The van der Waals surface area contributed by atoms with Crippen LogP contribution in [-0.4, -0.2) is 46.4 Å². The van der Waals surface area contributed by atoms with Gasteiger partial charge in [-0.15, -0.1) is 0 Å². The van der Waals surface area contributed by atoms with Gasteiger partial charge < -0.3 is 14.6 Å². The number of hydrogen-bond acceptors (Lipinski definition) is 4. The maximum Gasteiger partial charge on any atom is 0.410 e. The van der Waals surface area contributed by atoms with Crippen LogP contribution in [0.25, 0.3) is 0 Å². The minimum atomic E-state index is -1.12. The Balaban J connectivity index is 2.23. The summed E-state index contributed by atoms with van der Waals surface area (Å²) in [5.41, 5.74) is -0.272. The van der Waals surface area contributed by atoms with E-state index >= 15 is 0 Å². The average Bonchev–Trinajstić information content (AvgIpc) is 3.22. The number of carboxylic acids is 1. The van der Waals surface area contributed by atoms with E-state index in [0.717, 1.165) is 17.7 Å². The molecule has 1 atom stereocenters. The van der Waals surface area contributed by atoms with Crippen LogP contribution in [-0.2, 0) is 16.0 Å². The largest absolute Gasteiger partial charge is 0.487 e. The molecule has 26 heavy (non-hydrogen) atoms. The highest BCUT2D eigenvalue weighted by molar-refractivity contribution is 6.30. The molecule has 0 radical (unpaired) electrons. The number of carboxylic acid groups (broad SMARTS) is 1. The summed E-state index contributed by atoms with van der Waals surface area (Å²) in [4.78, 5) is 25.1. The summed E-state index contributed by atoms with van der Waals surface area (Å²) >= 11 is 6.09. The summed E-state index contributed by atoms with van der Waals surface area (Å²) in [6.07, 6.45) is 1.28. The molecule has 0 spiro atoms. The molecule has 1 aromatic carbocycles. The van der Waals surface area contributed by atoms with E-state index in [4.69, 9.17) is 21.1 Å². The van der Waals surface area contributed by atoms with Crippen molar-refractivity contribution >= 4 is 23.7 Å². The van der Waals surface area contributed by atoms with Crippen molar-refractivity contribution in [2.75, 3.05) is 7.05 Å².